The third-order valence-electron chi connectivity index (χ3n) is 3.94. The molecule has 5 heteroatoms. The van der Waals surface area contributed by atoms with Crippen molar-refractivity contribution < 1.29 is 14.2 Å². The molecule has 2 rings (SSSR count). The number of nitrogens with two attached hydrogens (primary N) is 1. The number of aliphatic hydroxyl groups is 1. The van der Waals surface area contributed by atoms with Crippen molar-refractivity contribution in [1.82, 2.24) is 0 Å². The van der Waals surface area contributed by atoms with E-state index in [9.17, 15) is 9.50 Å². The zero-order valence-corrected chi connectivity index (χ0v) is 12.5. The van der Waals surface area contributed by atoms with Gasteiger partial charge in [0.25, 0.3) is 0 Å². The summed E-state index contributed by atoms with van der Waals surface area (Å²) in [6, 6.07) is 4.69. The number of ether oxygens (including phenoxy) is 1. The van der Waals surface area contributed by atoms with E-state index in [1.165, 1.54) is 6.07 Å². The van der Waals surface area contributed by atoms with E-state index in [1.807, 2.05) is 6.92 Å². The van der Waals surface area contributed by atoms with Gasteiger partial charge in [-0.15, -0.1) is 0 Å². The highest BCUT2D eigenvalue weighted by Crippen LogP contribution is 2.38. The van der Waals surface area contributed by atoms with Crippen LogP contribution in [0.25, 0.3) is 0 Å². The molecule has 0 spiro atoms. The fourth-order valence-corrected chi connectivity index (χ4v) is 3.00. The van der Waals surface area contributed by atoms with Crippen molar-refractivity contribution in [3.8, 4) is 0 Å². The van der Waals surface area contributed by atoms with E-state index >= 15 is 0 Å². The summed E-state index contributed by atoms with van der Waals surface area (Å²) < 4.78 is 20.5. The quantitative estimate of drug-likeness (QED) is 0.894. The minimum atomic E-state index is -0.978. The molecule has 0 aliphatic carbocycles. The van der Waals surface area contributed by atoms with Gasteiger partial charge in [-0.05, 0) is 31.0 Å². The van der Waals surface area contributed by atoms with E-state index in [4.69, 9.17) is 10.5 Å². The van der Waals surface area contributed by atoms with E-state index in [0.29, 0.717) is 12.0 Å². The first-order chi connectivity index (χ1) is 9.01. The average Bonchev–Trinajstić information content (AvgIpc) is 2.42. The number of hydrogen-bond acceptors (Lipinski definition) is 3. The van der Waals surface area contributed by atoms with Crippen LogP contribution in [0.15, 0.2) is 22.7 Å². The molecule has 19 heavy (non-hydrogen) atoms. The molecular weight excluding hydrogens is 313 g/mol. The lowest BCUT2D eigenvalue weighted by Crippen LogP contribution is -2.55. The topological polar surface area (TPSA) is 55.5 Å². The summed E-state index contributed by atoms with van der Waals surface area (Å²) in [6.45, 7) is 2.19. The number of hydrogen-bond donors (Lipinski definition) is 2. The molecule has 0 aromatic heterocycles. The van der Waals surface area contributed by atoms with Crippen molar-refractivity contribution >= 4 is 15.9 Å². The van der Waals surface area contributed by atoms with Crippen LogP contribution in [0.1, 0.15) is 25.3 Å². The largest absolute Gasteiger partial charge is 0.396 e. The van der Waals surface area contributed by atoms with Gasteiger partial charge < -0.3 is 15.6 Å². The van der Waals surface area contributed by atoms with Crippen LogP contribution in [-0.2, 0) is 10.3 Å². The molecule has 0 saturated carbocycles. The lowest BCUT2D eigenvalue weighted by Gasteiger charge is -2.43. The van der Waals surface area contributed by atoms with Gasteiger partial charge >= 0.3 is 0 Å². The van der Waals surface area contributed by atoms with E-state index in [0.717, 1.165) is 10.9 Å². The Hall–Kier alpha value is -0.490. The summed E-state index contributed by atoms with van der Waals surface area (Å²) in [5, 5.41) is 9.59. The van der Waals surface area contributed by atoms with Crippen molar-refractivity contribution in [2.45, 2.75) is 31.4 Å². The fourth-order valence-electron chi connectivity index (χ4n) is 2.64. The molecule has 1 heterocycles. The maximum atomic E-state index is 14.1. The fraction of sp³-hybridized carbons (Fsp3) is 0.571. The van der Waals surface area contributed by atoms with E-state index in [2.05, 4.69) is 15.9 Å². The number of halogens is 2. The van der Waals surface area contributed by atoms with Crippen LogP contribution < -0.4 is 5.73 Å². The molecule has 1 aromatic carbocycles. The van der Waals surface area contributed by atoms with Crippen LogP contribution in [-0.4, -0.2) is 24.4 Å². The first-order valence-corrected chi connectivity index (χ1v) is 7.27. The molecule has 1 aliphatic rings. The van der Waals surface area contributed by atoms with E-state index in [-0.39, 0.29) is 31.1 Å². The summed E-state index contributed by atoms with van der Waals surface area (Å²) in [6.07, 6.45) is 1.60. The highest BCUT2D eigenvalue weighted by Gasteiger charge is 2.43. The Morgan fingerprint density at radius 3 is 2.95 bits per heavy atom. The highest BCUT2D eigenvalue weighted by molar-refractivity contribution is 9.10. The zero-order valence-electron chi connectivity index (χ0n) is 10.9. The summed E-state index contributed by atoms with van der Waals surface area (Å²) >= 11 is 3.33. The molecule has 1 aromatic rings. The molecule has 0 amide bonds. The third kappa shape index (κ3) is 2.84. The molecule has 1 aliphatic heterocycles. The SMILES string of the molecule is CC[C@H]1C[C@@H](CO)[C@](N)(c2cc(Br)ccc2F)CO1. The first-order valence-electron chi connectivity index (χ1n) is 6.48. The normalized spacial score (nSPS) is 31.4. The molecule has 3 N–H and O–H groups in total. The number of rotatable bonds is 3. The predicted octanol–water partition coefficient (Wildman–Crippen LogP) is 2.55. The lowest BCUT2D eigenvalue weighted by molar-refractivity contribution is -0.0768. The standard InChI is InChI=1S/C14H19BrFNO2/c1-2-11-5-9(7-18)14(17,8-19-11)12-6-10(15)3-4-13(12)16/h3-4,6,9,11,18H,2,5,7-8,17H2,1H3/t9-,11-,14-/m0/s1. The van der Waals surface area contributed by atoms with Crippen LogP contribution in [0.2, 0.25) is 0 Å². The molecule has 0 radical (unpaired) electrons. The van der Waals surface area contributed by atoms with Crippen molar-refractivity contribution in [2.75, 3.05) is 13.2 Å². The van der Waals surface area contributed by atoms with Gasteiger partial charge in [0.15, 0.2) is 0 Å². The van der Waals surface area contributed by atoms with Gasteiger partial charge in [-0.1, -0.05) is 22.9 Å². The van der Waals surface area contributed by atoms with Gasteiger partial charge in [0.05, 0.1) is 18.2 Å². The molecular formula is C14H19BrFNO2. The Bertz CT molecular complexity index is 457. The number of benzene rings is 1. The summed E-state index contributed by atoms with van der Waals surface area (Å²) in [4.78, 5) is 0. The van der Waals surface area contributed by atoms with Crippen LogP contribution in [0.5, 0.6) is 0 Å². The van der Waals surface area contributed by atoms with Gasteiger partial charge in [0.2, 0.25) is 0 Å². The minimum Gasteiger partial charge on any atom is -0.396 e. The van der Waals surface area contributed by atoms with Crippen LogP contribution in [0.3, 0.4) is 0 Å². The Balaban J connectivity index is 2.37. The van der Waals surface area contributed by atoms with Crippen LogP contribution >= 0.6 is 15.9 Å². The first kappa shape index (κ1) is 14.9. The maximum Gasteiger partial charge on any atom is 0.128 e. The second-order valence-corrected chi connectivity index (χ2v) is 6.04. The zero-order chi connectivity index (χ0) is 14.0. The smallest absolute Gasteiger partial charge is 0.128 e. The van der Waals surface area contributed by atoms with Gasteiger partial charge in [-0.3, -0.25) is 0 Å². The molecule has 3 atom stereocenters. The monoisotopic (exact) mass is 331 g/mol. The van der Waals surface area contributed by atoms with Crippen molar-refractivity contribution in [3.05, 3.63) is 34.1 Å². The van der Waals surface area contributed by atoms with Crippen molar-refractivity contribution in [1.29, 1.82) is 0 Å². The predicted molar refractivity (Wildman–Crippen MR) is 75.2 cm³/mol. The van der Waals surface area contributed by atoms with Crippen LogP contribution in [0, 0.1) is 11.7 Å². The third-order valence-corrected chi connectivity index (χ3v) is 4.43. The Kier molecular flexibility index (Phi) is 4.61. The molecule has 3 nitrogen and oxygen atoms in total. The lowest BCUT2D eigenvalue weighted by atomic mass is 9.74. The van der Waals surface area contributed by atoms with Gasteiger partial charge in [0, 0.05) is 22.6 Å². The Morgan fingerprint density at radius 1 is 1.58 bits per heavy atom. The van der Waals surface area contributed by atoms with Crippen LogP contribution in [0.4, 0.5) is 4.39 Å². The van der Waals surface area contributed by atoms with E-state index < -0.39 is 5.54 Å². The van der Waals surface area contributed by atoms with E-state index in [1.54, 1.807) is 12.1 Å². The Labute approximate surface area is 121 Å². The average molecular weight is 332 g/mol. The highest BCUT2D eigenvalue weighted by atomic mass is 79.9. The van der Waals surface area contributed by atoms with Gasteiger partial charge in [-0.2, -0.15) is 0 Å². The maximum absolute atomic E-state index is 14.1. The molecule has 1 fully saturated rings. The summed E-state index contributed by atoms with van der Waals surface area (Å²) in [7, 11) is 0. The van der Waals surface area contributed by atoms with Gasteiger partial charge in [-0.25, -0.2) is 4.39 Å². The minimum absolute atomic E-state index is 0.0671. The Morgan fingerprint density at radius 2 is 2.32 bits per heavy atom. The summed E-state index contributed by atoms with van der Waals surface area (Å²) in [5.74, 6) is -0.558. The second kappa shape index (κ2) is 5.87. The molecule has 1 saturated heterocycles. The number of aliphatic hydroxyl groups excluding tert-OH is 1. The van der Waals surface area contributed by atoms with Crippen molar-refractivity contribution in [3.63, 3.8) is 0 Å². The second-order valence-electron chi connectivity index (χ2n) is 5.12. The molecule has 106 valence electrons. The van der Waals surface area contributed by atoms with Gasteiger partial charge in [0.1, 0.15) is 5.82 Å². The molecule has 0 bridgehead atoms. The van der Waals surface area contributed by atoms with Crippen molar-refractivity contribution in [2.24, 2.45) is 11.7 Å². The summed E-state index contributed by atoms with van der Waals surface area (Å²) in [5.41, 5.74) is 5.80. The molecule has 0 unspecified atom stereocenters.